The molecular formula is C19H23Cl2NO. The molecule has 1 unspecified atom stereocenters. The predicted molar refractivity (Wildman–Crippen MR) is 98.9 cm³/mol. The van der Waals surface area contributed by atoms with Gasteiger partial charge in [-0.25, -0.2) is 0 Å². The fourth-order valence-electron chi connectivity index (χ4n) is 2.46. The summed E-state index contributed by atoms with van der Waals surface area (Å²) in [4.78, 5) is 0. The lowest BCUT2D eigenvalue weighted by atomic mass is 10.1. The number of benzene rings is 2. The summed E-state index contributed by atoms with van der Waals surface area (Å²) in [7, 11) is 1.69. The van der Waals surface area contributed by atoms with E-state index in [-0.39, 0.29) is 0 Å². The van der Waals surface area contributed by atoms with Gasteiger partial charge in [-0.1, -0.05) is 41.4 Å². The molecule has 0 heterocycles. The minimum Gasteiger partial charge on any atom is -0.497 e. The minimum atomic E-state index is 0.461. The van der Waals surface area contributed by atoms with Crippen LogP contribution in [0.5, 0.6) is 5.75 Å². The predicted octanol–water partition coefficient (Wildman–Crippen LogP) is 5.16. The monoisotopic (exact) mass is 351 g/mol. The van der Waals surface area contributed by atoms with Crippen LogP contribution in [0.25, 0.3) is 0 Å². The van der Waals surface area contributed by atoms with Crippen molar-refractivity contribution in [2.45, 2.75) is 32.2 Å². The van der Waals surface area contributed by atoms with Crippen LogP contribution in [0, 0.1) is 0 Å². The number of aryl methyl sites for hydroxylation is 1. The first-order valence-electron chi connectivity index (χ1n) is 7.88. The van der Waals surface area contributed by atoms with Crippen molar-refractivity contribution in [2.75, 3.05) is 13.7 Å². The smallest absolute Gasteiger partial charge is 0.118 e. The van der Waals surface area contributed by atoms with Gasteiger partial charge in [0.05, 0.1) is 7.11 Å². The fourth-order valence-corrected chi connectivity index (χ4v) is 2.96. The topological polar surface area (TPSA) is 21.3 Å². The molecule has 2 rings (SSSR count). The van der Waals surface area contributed by atoms with Crippen LogP contribution in [0.3, 0.4) is 0 Å². The third kappa shape index (κ3) is 6.06. The molecule has 0 aromatic heterocycles. The van der Waals surface area contributed by atoms with Crippen LogP contribution < -0.4 is 10.1 Å². The highest BCUT2D eigenvalue weighted by Crippen LogP contribution is 2.21. The maximum atomic E-state index is 6.19. The Balaban J connectivity index is 1.71. The van der Waals surface area contributed by atoms with E-state index < -0.39 is 0 Å². The molecule has 2 aromatic carbocycles. The molecule has 0 saturated heterocycles. The molecule has 0 bridgehead atoms. The molecule has 0 aliphatic carbocycles. The molecule has 1 atom stereocenters. The van der Waals surface area contributed by atoms with Gasteiger partial charge in [-0.2, -0.15) is 0 Å². The van der Waals surface area contributed by atoms with Crippen LogP contribution in [-0.2, 0) is 12.8 Å². The van der Waals surface area contributed by atoms with E-state index in [1.807, 2.05) is 24.3 Å². The summed E-state index contributed by atoms with van der Waals surface area (Å²) in [6.07, 6.45) is 3.06. The molecule has 0 amide bonds. The first-order chi connectivity index (χ1) is 11.1. The third-order valence-corrected chi connectivity index (χ3v) is 4.51. The molecule has 124 valence electrons. The van der Waals surface area contributed by atoms with Crippen molar-refractivity contribution >= 4 is 23.2 Å². The molecule has 2 aromatic rings. The number of halogens is 2. The van der Waals surface area contributed by atoms with Gasteiger partial charge in [0.25, 0.3) is 0 Å². The zero-order valence-electron chi connectivity index (χ0n) is 13.6. The van der Waals surface area contributed by atoms with E-state index in [9.17, 15) is 0 Å². The van der Waals surface area contributed by atoms with E-state index in [1.54, 1.807) is 13.2 Å². The van der Waals surface area contributed by atoms with Gasteiger partial charge in [0.2, 0.25) is 0 Å². The molecule has 0 radical (unpaired) electrons. The second kappa shape index (κ2) is 9.17. The Morgan fingerprint density at radius 3 is 2.43 bits per heavy atom. The Kier molecular flexibility index (Phi) is 7.22. The van der Waals surface area contributed by atoms with Crippen molar-refractivity contribution in [2.24, 2.45) is 0 Å². The molecule has 0 saturated carbocycles. The maximum absolute atomic E-state index is 6.19. The molecule has 1 N–H and O–H groups in total. The van der Waals surface area contributed by atoms with Gasteiger partial charge in [0, 0.05) is 16.1 Å². The lowest BCUT2D eigenvalue weighted by Crippen LogP contribution is -2.28. The van der Waals surface area contributed by atoms with Crippen LogP contribution >= 0.6 is 23.2 Å². The van der Waals surface area contributed by atoms with Gasteiger partial charge in [-0.15, -0.1) is 0 Å². The summed E-state index contributed by atoms with van der Waals surface area (Å²) >= 11 is 12.1. The average molecular weight is 352 g/mol. The van der Waals surface area contributed by atoms with E-state index in [2.05, 4.69) is 24.4 Å². The summed E-state index contributed by atoms with van der Waals surface area (Å²) in [5.41, 5.74) is 2.46. The van der Waals surface area contributed by atoms with Crippen LogP contribution in [-0.4, -0.2) is 19.7 Å². The molecule has 0 aliphatic heterocycles. The Hall–Kier alpha value is -1.22. The van der Waals surface area contributed by atoms with Crippen molar-refractivity contribution in [1.29, 1.82) is 0 Å². The summed E-state index contributed by atoms with van der Waals surface area (Å²) < 4.78 is 5.18. The van der Waals surface area contributed by atoms with Crippen LogP contribution in [0.15, 0.2) is 42.5 Å². The Bertz CT molecular complexity index is 613. The first-order valence-corrected chi connectivity index (χ1v) is 8.64. The van der Waals surface area contributed by atoms with Crippen LogP contribution in [0.4, 0.5) is 0 Å². The molecule has 0 spiro atoms. The lowest BCUT2D eigenvalue weighted by Gasteiger charge is -2.14. The molecule has 23 heavy (non-hydrogen) atoms. The highest BCUT2D eigenvalue weighted by Gasteiger charge is 2.05. The highest BCUT2D eigenvalue weighted by molar-refractivity contribution is 6.35. The standard InChI is InChI=1S/C19H23Cl2NO/c1-14(3-4-15-5-9-18(23-2)10-6-15)22-12-11-16-7-8-17(20)13-19(16)21/h5-10,13-14,22H,3-4,11-12H2,1-2H3. The normalized spacial score (nSPS) is 12.2. The van der Waals surface area contributed by atoms with Crippen LogP contribution in [0.2, 0.25) is 10.0 Å². The van der Waals surface area contributed by atoms with E-state index in [0.717, 1.165) is 42.1 Å². The van der Waals surface area contributed by atoms with E-state index in [0.29, 0.717) is 11.1 Å². The van der Waals surface area contributed by atoms with Crippen molar-refractivity contribution in [1.82, 2.24) is 5.32 Å². The van der Waals surface area contributed by atoms with E-state index in [1.165, 1.54) is 5.56 Å². The number of ether oxygens (including phenoxy) is 1. The third-order valence-electron chi connectivity index (χ3n) is 3.93. The lowest BCUT2D eigenvalue weighted by molar-refractivity contribution is 0.414. The summed E-state index contributed by atoms with van der Waals surface area (Å²) in [5.74, 6) is 0.903. The van der Waals surface area contributed by atoms with Crippen molar-refractivity contribution in [3.63, 3.8) is 0 Å². The number of hydrogen-bond acceptors (Lipinski definition) is 2. The zero-order chi connectivity index (χ0) is 16.7. The van der Waals surface area contributed by atoms with Gasteiger partial charge in [-0.3, -0.25) is 0 Å². The van der Waals surface area contributed by atoms with Crippen molar-refractivity contribution < 1.29 is 4.74 Å². The second-order valence-electron chi connectivity index (χ2n) is 5.73. The Morgan fingerprint density at radius 1 is 1.04 bits per heavy atom. The average Bonchev–Trinajstić information content (AvgIpc) is 2.55. The molecule has 2 nitrogen and oxygen atoms in total. The van der Waals surface area contributed by atoms with Gasteiger partial charge < -0.3 is 10.1 Å². The van der Waals surface area contributed by atoms with Gasteiger partial charge in [0.1, 0.15) is 5.75 Å². The number of methoxy groups -OCH3 is 1. The number of hydrogen-bond donors (Lipinski definition) is 1. The largest absolute Gasteiger partial charge is 0.497 e. The minimum absolute atomic E-state index is 0.461. The second-order valence-corrected chi connectivity index (χ2v) is 6.57. The summed E-state index contributed by atoms with van der Waals surface area (Å²) in [6, 6.07) is 14.4. The molecular weight excluding hydrogens is 329 g/mol. The van der Waals surface area contributed by atoms with E-state index >= 15 is 0 Å². The quantitative estimate of drug-likeness (QED) is 0.709. The Labute approximate surface area is 148 Å². The highest BCUT2D eigenvalue weighted by atomic mass is 35.5. The number of rotatable bonds is 8. The molecule has 0 fully saturated rings. The van der Waals surface area contributed by atoms with Crippen LogP contribution in [0.1, 0.15) is 24.5 Å². The first kappa shape index (κ1) is 18.1. The van der Waals surface area contributed by atoms with E-state index in [4.69, 9.17) is 27.9 Å². The SMILES string of the molecule is COc1ccc(CCC(C)NCCc2ccc(Cl)cc2Cl)cc1. The van der Waals surface area contributed by atoms with Crippen molar-refractivity contribution in [3.8, 4) is 5.75 Å². The maximum Gasteiger partial charge on any atom is 0.118 e. The number of nitrogens with one attached hydrogen (secondary N) is 1. The summed E-state index contributed by atoms with van der Waals surface area (Å²) in [5, 5.41) is 4.97. The van der Waals surface area contributed by atoms with Gasteiger partial charge in [-0.05, 0) is 68.1 Å². The zero-order valence-corrected chi connectivity index (χ0v) is 15.1. The Morgan fingerprint density at radius 2 is 1.78 bits per heavy atom. The molecule has 4 heteroatoms. The fraction of sp³-hybridized carbons (Fsp3) is 0.368. The van der Waals surface area contributed by atoms with Gasteiger partial charge in [0.15, 0.2) is 0 Å². The summed E-state index contributed by atoms with van der Waals surface area (Å²) in [6.45, 7) is 3.12. The van der Waals surface area contributed by atoms with Crippen molar-refractivity contribution in [3.05, 3.63) is 63.6 Å². The molecule has 0 aliphatic rings. The van der Waals surface area contributed by atoms with Gasteiger partial charge >= 0.3 is 0 Å².